The Bertz CT molecular complexity index is 1200. The molecule has 0 N–H and O–H groups in total. The Labute approximate surface area is 191 Å². The number of benzene rings is 2. The van der Waals surface area contributed by atoms with E-state index < -0.39 is 0 Å². The van der Waals surface area contributed by atoms with Crippen LogP contribution in [0.1, 0.15) is 41.6 Å². The highest BCUT2D eigenvalue weighted by Crippen LogP contribution is 2.36. The average molecular weight is 450 g/mol. The lowest BCUT2D eigenvalue weighted by Crippen LogP contribution is -2.33. The second-order valence-corrected chi connectivity index (χ2v) is 9.17. The Balaban J connectivity index is 1.37. The van der Waals surface area contributed by atoms with Gasteiger partial charge in [-0.2, -0.15) is 0 Å². The number of carbonyl (C=O) groups excluding carboxylic acids is 1. The van der Waals surface area contributed by atoms with Gasteiger partial charge in [-0.25, -0.2) is 4.98 Å². The maximum Gasteiger partial charge on any atom is 0.254 e. The van der Waals surface area contributed by atoms with Gasteiger partial charge in [-0.1, -0.05) is 17.7 Å². The number of fused-ring (bicyclic) bond motifs is 2. The Kier molecular flexibility index (Phi) is 4.83. The third-order valence-electron chi connectivity index (χ3n) is 6.45. The van der Waals surface area contributed by atoms with Crippen LogP contribution in [-0.4, -0.2) is 41.7 Å². The van der Waals surface area contributed by atoms with Crippen molar-refractivity contribution in [1.82, 2.24) is 9.88 Å². The molecule has 6 rings (SSSR count). The van der Waals surface area contributed by atoms with Crippen molar-refractivity contribution >= 4 is 34.2 Å². The predicted octanol–water partition coefficient (Wildman–Crippen LogP) is 5.02. The molecule has 1 saturated heterocycles. The summed E-state index contributed by atoms with van der Waals surface area (Å²) in [5, 5.41) is 1.72. The molecule has 3 heterocycles. The third kappa shape index (κ3) is 3.62. The van der Waals surface area contributed by atoms with E-state index in [1.54, 1.807) is 6.07 Å². The smallest absolute Gasteiger partial charge is 0.254 e. The summed E-state index contributed by atoms with van der Waals surface area (Å²) in [4.78, 5) is 22.9. The lowest BCUT2D eigenvalue weighted by molar-refractivity contribution is 0.0729. The Morgan fingerprint density at radius 2 is 1.88 bits per heavy atom. The van der Waals surface area contributed by atoms with Gasteiger partial charge in [-0.15, -0.1) is 0 Å². The molecule has 32 heavy (non-hydrogen) atoms. The summed E-state index contributed by atoms with van der Waals surface area (Å²) in [6.07, 6.45) is 4.40. The summed E-state index contributed by atoms with van der Waals surface area (Å²) in [7, 11) is 0. The second-order valence-electron chi connectivity index (χ2n) is 8.73. The first-order valence-electron chi connectivity index (χ1n) is 11.2. The molecule has 0 bridgehead atoms. The number of aromatic nitrogens is 1. The molecule has 2 fully saturated rings. The molecule has 0 atom stereocenters. The zero-order valence-corrected chi connectivity index (χ0v) is 18.5. The van der Waals surface area contributed by atoms with Gasteiger partial charge >= 0.3 is 0 Å². The first-order valence-corrected chi connectivity index (χ1v) is 11.6. The van der Waals surface area contributed by atoms with Crippen LogP contribution in [0.25, 0.3) is 10.9 Å². The minimum Gasteiger partial charge on any atom is -0.454 e. The van der Waals surface area contributed by atoms with Gasteiger partial charge in [0.15, 0.2) is 11.5 Å². The van der Waals surface area contributed by atoms with Crippen LogP contribution in [-0.2, 0) is 6.54 Å². The van der Waals surface area contributed by atoms with Gasteiger partial charge in [0.1, 0.15) is 5.82 Å². The van der Waals surface area contributed by atoms with E-state index in [4.69, 9.17) is 26.1 Å². The van der Waals surface area contributed by atoms with Crippen molar-refractivity contribution in [2.24, 2.45) is 0 Å². The SMILES string of the molecule is O=C(c1ccc2c(c1)OCO2)N(Cc1cc2ccc(Cl)cc2nc1N1CCCC1)C1CC1. The summed E-state index contributed by atoms with van der Waals surface area (Å²) in [5.74, 6) is 2.32. The molecule has 3 aromatic rings. The fourth-order valence-corrected chi connectivity index (χ4v) is 4.79. The van der Waals surface area contributed by atoms with E-state index >= 15 is 0 Å². The number of amides is 1. The van der Waals surface area contributed by atoms with Crippen LogP contribution in [0.5, 0.6) is 11.5 Å². The number of pyridine rings is 1. The van der Waals surface area contributed by atoms with E-state index in [1.165, 1.54) is 0 Å². The van der Waals surface area contributed by atoms with Crippen molar-refractivity contribution in [2.45, 2.75) is 38.3 Å². The van der Waals surface area contributed by atoms with Crippen molar-refractivity contribution in [3.05, 3.63) is 58.6 Å². The molecule has 0 unspecified atom stereocenters. The number of ether oxygens (including phenoxy) is 2. The molecule has 1 amide bonds. The van der Waals surface area contributed by atoms with Crippen LogP contribution in [0.2, 0.25) is 5.02 Å². The molecule has 2 aliphatic heterocycles. The van der Waals surface area contributed by atoms with Crippen LogP contribution in [0.4, 0.5) is 5.82 Å². The van der Waals surface area contributed by atoms with Gasteiger partial charge in [0.2, 0.25) is 6.79 Å². The molecule has 0 spiro atoms. The number of hydrogen-bond acceptors (Lipinski definition) is 5. The van der Waals surface area contributed by atoms with Gasteiger partial charge in [0.05, 0.1) is 5.52 Å². The molecule has 2 aromatic carbocycles. The van der Waals surface area contributed by atoms with Crippen molar-refractivity contribution in [3.63, 3.8) is 0 Å². The summed E-state index contributed by atoms with van der Waals surface area (Å²) in [5.41, 5.74) is 2.61. The molecule has 0 radical (unpaired) electrons. The number of rotatable bonds is 5. The number of halogens is 1. The van der Waals surface area contributed by atoms with Crippen LogP contribution in [0.3, 0.4) is 0 Å². The molecular formula is C25H24ClN3O3. The topological polar surface area (TPSA) is 54.9 Å². The van der Waals surface area contributed by atoms with Gasteiger partial charge in [0.25, 0.3) is 5.91 Å². The predicted molar refractivity (Wildman–Crippen MR) is 124 cm³/mol. The van der Waals surface area contributed by atoms with E-state index in [-0.39, 0.29) is 18.7 Å². The first kappa shape index (κ1) is 19.7. The molecular weight excluding hydrogens is 426 g/mol. The van der Waals surface area contributed by atoms with Crippen molar-refractivity contribution < 1.29 is 14.3 Å². The number of hydrogen-bond donors (Lipinski definition) is 0. The molecule has 1 saturated carbocycles. The van der Waals surface area contributed by atoms with E-state index in [0.29, 0.717) is 28.6 Å². The average Bonchev–Trinajstić information content (AvgIpc) is 3.29. The zero-order chi connectivity index (χ0) is 21.7. The molecule has 7 heteroatoms. The summed E-state index contributed by atoms with van der Waals surface area (Å²) < 4.78 is 10.9. The summed E-state index contributed by atoms with van der Waals surface area (Å²) in [6.45, 7) is 2.72. The minimum atomic E-state index is 0.0226. The number of carbonyl (C=O) groups is 1. The van der Waals surface area contributed by atoms with Gasteiger partial charge in [-0.05, 0) is 62.1 Å². The van der Waals surface area contributed by atoms with Crippen molar-refractivity contribution in [1.29, 1.82) is 0 Å². The molecule has 3 aliphatic rings. The van der Waals surface area contributed by atoms with Gasteiger partial charge < -0.3 is 19.3 Å². The van der Waals surface area contributed by atoms with Crippen molar-refractivity contribution in [2.75, 3.05) is 24.8 Å². The standard InChI is InChI=1S/C25H24ClN3O3/c26-19-5-3-16-11-18(24(27-21(16)13-19)28-9-1-2-10-28)14-29(20-6-7-20)25(30)17-4-8-22-23(12-17)32-15-31-22/h3-5,8,11-13,20H,1-2,6-7,9-10,14-15H2. The quantitative estimate of drug-likeness (QED) is 0.547. The third-order valence-corrected chi connectivity index (χ3v) is 6.69. The zero-order valence-electron chi connectivity index (χ0n) is 17.7. The van der Waals surface area contributed by atoms with Gasteiger partial charge in [0, 0.05) is 47.2 Å². The molecule has 1 aromatic heterocycles. The highest BCUT2D eigenvalue weighted by molar-refractivity contribution is 6.31. The number of anilines is 1. The minimum absolute atomic E-state index is 0.0226. The normalized spacial score (nSPS) is 17.2. The molecule has 1 aliphatic carbocycles. The lowest BCUT2D eigenvalue weighted by atomic mass is 10.1. The van der Waals surface area contributed by atoms with Crippen LogP contribution >= 0.6 is 11.6 Å². The second kappa shape index (κ2) is 7.85. The van der Waals surface area contributed by atoms with Crippen LogP contribution < -0.4 is 14.4 Å². The fourth-order valence-electron chi connectivity index (χ4n) is 4.62. The van der Waals surface area contributed by atoms with Crippen molar-refractivity contribution in [3.8, 4) is 11.5 Å². The maximum absolute atomic E-state index is 13.5. The fraction of sp³-hybridized carbons (Fsp3) is 0.360. The lowest BCUT2D eigenvalue weighted by Gasteiger charge is -2.27. The van der Waals surface area contributed by atoms with Crippen LogP contribution in [0, 0.1) is 0 Å². The Hall–Kier alpha value is -2.99. The van der Waals surface area contributed by atoms with Crippen LogP contribution in [0.15, 0.2) is 42.5 Å². The largest absolute Gasteiger partial charge is 0.454 e. The Morgan fingerprint density at radius 1 is 1.06 bits per heavy atom. The summed E-state index contributed by atoms with van der Waals surface area (Å²) in [6, 6.07) is 13.7. The maximum atomic E-state index is 13.5. The monoisotopic (exact) mass is 449 g/mol. The van der Waals surface area contributed by atoms with E-state index in [0.717, 1.165) is 61.1 Å². The number of nitrogens with zero attached hydrogens (tertiary/aromatic N) is 3. The first-order chi connectivity index (χ1) is 15.7. The van der Waals surface area contributed by atoms with E-state index in [9.17, 15) is 4.79 Å². The molecule has 6 nitrogen and oxygen atoms in total. The Morgan fingerprint density at radius 3 is 2.69 bits per heavy atom. The van der Waals surface area contributed by atoms with Gasteiger partial charge in [-0.3, -0.25) is 4.79 Å². The van der Waals surface area contributed by atoms with E-state index in [1.807, 2.05) is 35.2 Å². The molecule has 164 valence electrons. The highest BCUT2D eigenvalue weighted by Gasteiger charge is 2.34. The van der Waals surface area contributed by atoms with E-state index in [2.05, 4.69) is 11.0 Å². The summed E-state index contributed by atoms with van der Waals surface area (Å²) >= 11 is 6.23. The highest BCUT2D eigenvalue weighted by atomic mass is 35.5.